The highest BCUT2D eigenvalue weighted by Crippen LogP contribution is 2.40. The van der Waals surface area contributed by atoms with E-state index in [0.29, 0.717) is 44.6 Å². The van der Waals surface area contributed by atoms with Gasteiger partial charge in [-0.25, -0.2) is 4.98 Å². The smallest absolute Gasteiger partial charge is 0.381 e. The van der Waals surface area contributed by atoms with Crippen LogP contribution >= 0.6 is 0 Å². The lowest BCUT2D eigenvalue weighted by molar-refractivity contribution is -0.272. The van der Waals surface area contributed by atoms with Crippen LogP contribution in [0.1, 0.15) is 32.0 Å². The standard InChI is InChI=1S/C19H32F3N5O3/c1-3-23-17(25-7-4-11-29-13-15-5-12-30-14-15)26-8-6-18(28,19(20,21)22)16-24-9-10-27(16)2/h9-10,15,28H,3-8,11-14H2,1-2H3,(H2,23,25,26). The summed E-state index contributed by atoms with van der Waals surface area (Å²) in [4.78, 5) is 8.04. The van der Waals surface area contributed by atoms with Crippen molar-refractivity contribution < 1.29 is 27.8 Å². The van der Waals surface area contributed by atoms with Gasteiger partial charge in [0.15, 0.2) is 5.96 Å². The molecule has 30 heavy (non-hydrogen) atoms. The van der Waals surface area contributed by atoms with E-state index in [-0.39, 0.29) is 6.54 Å². The van der Waals surface area contributed by atoms with Crippen LogP contribution in [-0.4, -0.2) is 72.9 Å². The average Bonchev–Trinajstić information content (AvgIpc) is 3.35. The Morgan fingerprint density at radius 2 is 2.23 bits per heavy atom. The number of aliphatic imine (C=N–C) groups is 1. The molecule has 1 aromatic heterocycles. The van der Waals surface area contributed by atoms with Gasteiger partial charge in [0.05, 0.1) is 13.2 Å². The highest BCUT2D eigenvalue weighted by atomic mass is 19.4. The quantitative estimate of drug-likeness (QED) is 0.278. The summed E-state index contributed by atoms with van der Waals surface area (Å²) >= 11 is 0. The van der Waals surface area contributed by atoms with Crippen LogP contribution in [0, 0.1) is 5.92 Å². The fraction of sp³-hybridized carbons (Fsp3) is 0.789. The van der Waals surface area contributed by atoms with Crippen LogP contribution < -0.4 is 10.6 Å². The van der Waals surface area contributed by atoms with Crippen molar-refractivity contribution in [3.63, 3.8) is 0 Å². The molecule has 11 heteroatoms. The number of halogens is 3. The number of ether oxygens (including phenoxy) is 2. The van der Waals surface area contributed by atoms with Crippen LogP contribution in [0.2, 0.25) is 0 Å². The summed E-state index contributed by atoms with van der Waals surface area (Å²) in [5, 5.41) is 16.2. The fourth-order valence-corrected chi connectivity index (χ4v) is 3.17. The van der Waals surface area contributed by atoms with Gasteiger partial charge in [-0.3, -0.25) is 4.99 Å². The first-order valence-electron chi connectivity index (χ1n) is 10.2. The number of alkyl halides is 3. The number of aliphatic hydroxyl groups is 1. The molecular weight excluding hydrogens is 403 g/mol. The number of hydrogen-bond donors (Lipinski definition) is 3. The monoisotopic (exact) mass is 435 g/mol. The van der Waals surface area contributed by atoms with E-state index in [4.69, 9.17) is 9.47 Å². The van der Waals surface area contributed by atoms with E-state index in [1.807, 2.05) is 6.92 Å². The van der Waals surface area contributed by atoms with E-state index in [1.165, 1.54) is 24.0 Å². The Kier molecular flexibility index (Phi) is 9.37. The van der Waals surface area contributed by atoms with Crippen molar-refractivity contribution in [2.75, 3.05) is 46.1 Å². The minimum absolute atomic E-state index is 0.132. The van der Waals surface area contributed by atoms with Gasteiger partial charge in [0.25, 0.3) is 0 Å². The molecule has 1 aliphatic rings. The summed E-state index contributed by atoms with van der Waals surface area (Å²) in [6.45, 7) is 5.54. The first kappa shape index (κ1) is 24.4. The zero-order valence-corrected chi connectivity index (χ0v) is 17.5. The molecule has 0 amide bonds. The van der Waals surface area contributed by atoms with E-state index in [2.05, 4.69) is 20.6 Å². The van der Waals surface area contributed by atoms with Crippen LogP contribution in [0.15, 0.2) is 17.4 Å². The predicted octanol–water partition coefficient (Wildman–Crippen LogP) is 1.56. The zero-order chi connectivity index (χ0) is 22.0. The van der Waals surface area contributed by atoms with Crippen molar-refractivity contribution in [1.82, 2.24) is 20.2 Å². The number of nitrogens with zero attached hydrogens (tertiary/aromatic N) is 3. The number of aromatic nitrogens is 2. The van der Waals surface area contributed by atoms with Crippen LogP contribution in [0.25, 0.3) is 0 Å². The summed E-state index contributed by atoms with van der Waals surface area (Å²) in [6.07, 6.45) is -1.14. The molecular formula is C19H32F3N5O3. The number of imidazole rings is 1. The molecule has 2 heterocycles. The van der Waals surface area contributed by atoms with Crippen molar-refractivity contribution in [2.24, 2.45) is 18.0 Å². The third-order valence-electron chi connectivity index (χ3n) is 4.88. The van der Waals surface area contributed by atoms with Gasteiger partial charge in [-0.05, 0) is 19.8 Å². The van der Waals surface area contributed by atoms with Gasteiger partial charge in [0.1, 0.15) is 5.82 Å². The van der Waals surface area contributed by atoms with Gasteiger partial charge in [-0.2, -0.15) is 13.2 Å². The van der Waals surface area contributed by atoms with Crippen LogP contribution in [-0.2, 0) is 22.1 Å². The Hall–Kier alpha value is -1.85. The molecule has 8 nitrogen and oxygen atoms in total. The molecule has 2 unspecified atom stereocenters. The third kappa shape index (κ3) is 6.85. The van der Waals surface area contributed by atoms with Gasteiger partial charge in [0, 0.05) is 64.6 Å². The third-order valence-corrected chi connectivity index (χ3v) is 4.88. The maximum Gasteiger partial charge on any atom is 0.424 e. The SMILES string of the molecule is CCNC(=NCCCOCC1CCOC1)NCCC(O)(c1nccn1C)C(F)(F)F. The summed E-state index contributed by atoms with van der Waals surface area (Å²) in [5.41, 5.74) is -3.05. The predicted molar refractivity (Wildman–Crippen MR) is 106 cm³/mol. The zero-order valence-electron chi connectivity index (χ0n) is 17.5. The molecule has 2 rings (SSSR count). The Bertz CT molecular complexity index is 662. The lowest BCUT2D eigenvalue weighted by Gasteiger charge is -2.30. The molecule has 0 bridgehead atoms. The largest absolute Gasteiger partial charge is 0.424 e. The van der Waals surface area contributed by atoms with E-state index in [0.717, 1.165) is 19.6 Å². The first-order chi connectivity index (χ1) is 14.3. The minimum Gasteiger partial charge on any atom is -0.381 e. The van der Waals surface area contributed by atoms with Crippen LogP contribution in [0.4, 0.5) is 13.2 Å². The number of rotatable bonds is 11. The summed E-state index contributed by atoms with van der Waals surface area (Å²) in [7, 11) is 1.42. The van der Waals surface area contributed by atoms with Gasteiger partial charge >= 0.3 is 6.18 Å². The minimum atomic E-state index is -4.86. The number of nitrogens with one attached hydrogen (secondary N) is 2. The molecule has 1 saturated heterocycles. The topological polar surface area (TPSA) is 92.9 Å². The van der Waals surface area contributed by atoms with Crippen molar-refractivity contribution in [3.8, 4) is 0 Å². The second-order valence-electron chi connectivity index (χ2n) is 7.32. The highest BCUT2D eigenvalue weighted by Gasteiger charge is 2.57. The normalized spacial score (nSPS) is 19.7. The van der Waals surface area contributed by atoms with Crippen LogP contribution in [0.3, 0.4) is 0 Å². The Balaban J connectivity index is 1.80. The lowest BCUT2D eigenvalue weighted by atomic mass is 9.97. The summed E-state index contributed by atoms with van der Waals surface area (Å²) in [5.74, 6) is 0.410. The maximum atomic E-state index is 13.6. The molecule has 1 aromatic rings. The summed E-state index contributed by atoms with van der Waals surface area (Å²) in [6, 6.07) is 0. The van der Waals surface area contributed by atoms with Gasteiger partial charge in [-0.15, -0.1) is 0 Å². The molecule has 0 spiro atoms. The molecule has 0 saturated carbocycles. The van der Waals surface area contributed by atoms with E-state index < -0.39 is 24.0 Å². The van der Waals surface area contributed by atoms with Crippen molar-refractivity contribution >= 4 is 5.96 Å². The molecule has 0 aromatic carbocycles. The molecule has 1 aliphatic heterocycles. The number of guanidine groups is 1. The number of aryl methyl sites for hydroxylation is 1. The van der Waals surface area contributed by atoms with Crippen molar-refractivity contribution in [3.05, 3.63) is 18.2 Å². The Morgan fingerprint density at radius 3 is 2.83 bits per heavy atom. The fourth-order valence-electron chi connectivity index (χ4n) is 3.17. The van der Waals surface area contributed by atoms with Gasteiger partial charge < -0.3 is 29.8 Å². The Morgan fingerprint density at radius 1 is 1.43 bits per heavy atom. The van der Waals surface area contributed by atoms with E-state index in [1.54, 1.807) is 0 Å². The van der Waals surface area contributed by atoms with Crippen molar-refractivity contribution in [2.45, 2.75) is 38.0 Å². The van der Waals surface area contributed by atoms with Crippen LogP contribution in [0.5, 0.6) is 0 Å². The lowest BCUT2D eigenvalue weighted by Crippen LogP contribution is -2.48. The second kappa shape index (κ2) is 11.5. The highest BCUT2D eigenvalue weighted by molar-refractivity contribution is 5.79. The van der Waals surface area contributed by atoms with Gasteiger partial charge in [-0.1, -0.05) is 0 Å². The molecule has 0 aliphatic carbocycles. The van der Waals surface area contributed by atoms with E-state index in [9.17, 15) is 18.3 Å². The molecule has 3 N–H and O–H groups in total. The average molecular weight is 435 g/mol. The Labute approximate surface area is 174 Å². The maximum absolute atomic E-state index is 13.6. The summed E-state index contributed by atoms with van der Waals surface area (Å²) < 4.78 is 52.7. The first-order valence-corrected chi connectivity index (χ1v) is 10.2. The van der Waals surface area contributed by atoms with E-state index >= 15 is 0 Å². The second-order valence-corrected chi connectivity index (χ2v) is 7.32. The molecule has 2 atom stereocenters. The molecule has 0 radical (unpaired) electrons. The molecule has 1 fully saturated rings. The van der Waals surface area contributed by atoms with Gasteiger partial charge in [0.2, 0.25) is 5.60 Å². The number of hydrogen-bond acceptors (Lipinski definition) is 5. The van der Waals surface area contributed by atoms with Crippen molar-refractivity contribution in [1.29, 1.82) is 0 Å². The molecule has 172 valence electrons.